The highest BCUT2D eigenvalue weighted by atomic mass is 16.3. The number of Topliss-reactive ketones (excluding diaryl/α,β-unsaturated/α-hetero) is 1. The lowest BCUT2D eigenvalue weighted by Gasteiger charge is -2.27. The molecule has 0 bridgehead atoms. The topological polar surface area (TPSA) is 57.6 Å². The van der Waals surface area contributed by atoms with Crippen molar-refractivity contribution in [3.8, 4) is 0 Å². The van der Waals surface area contributed by atoms with Crippen molar-refractivity contribution in [3.63, 3.8) is 0 Å². The second-order valence-corrected chi connectivity index (χ2v) is 7.29. The van der Waals surface area contributed by atoms with E-state index in [2.05, 4.69) is 20.8 Å². The Labute approximate surface area is 133 Å². The molecular weight excluding hydrogens is 278 g/mol. The molecule has 1 aromatic carbocycles. The Hall–Kier alpha value is -1.68. The summed E-state index contributed by atoms with van der Waals surface area (Å²) in [5.74, 6) is -1.11. The van der Waals surface area contributed by atoms with E-state index in [0.717, 1.165) is 5.56 Å². The first-order chi connectivity index (χ1) is 9.95. The van der Waals surface area contributed by atoms with Gasteiger partial charge in [-0.05, 0) is 31.7 Å². The molecule has 0 spiro atoms. The molecule has 1 rings (SSSR count). The lowest BCUT2D eigenvalue weighted by molar-refractivity contribution is -0.129. The largest absolute Gasteiger partial charge is 0.389 e. The lowest BCUT2D eigenvalue weighted by Crippen LogP contribution is -2.44. The van der Waals surface area contributed by atoms with Crippen LogP contribution >= 0.6 is 0 Å². The fourth-order valence-electron chi connectivity index (χ4n) is 2.18. The van der Waals surface area contributed by atoms with Gasteiger partial charge in [-0.25, -0.2) is 0 Å². The number of ketones is 1. The summed E-state index contributed by atoms with van der Waals surface area (Å²) in [5, 5.41) is 9.84. The SMILES string of the molecule is CCN(CC(C)(C)O)C(=O)C(=O)c1ccc(C(C)(C)C)cc1. The maximum absolute atomic E-state index is 12.3. The molecule has 1 N–H and O–H groups in total. The average Bonchev–Trinajstić information content (AvgIpc) is 2.41. The first kappa shape index (κ1) is 18.4. The summed E-state index contributed by atoms with van der Waals surface area (Å²) in [5.41, 5.74) is 0.469. The van der Waals surface area contributed by atoms with Crippen LogP contribution in [0.5, 0.6) is 0 Å². The van der Waals surface area contributed by atoms with Gasteiger partial charge in [-0.1, -0.05) is 45.0 Å². The zero-order valence-electron chi connectivity index (χ0n) is 14.4. The summed E-state index contributed by atoms with van der Waals surface area (Å²) in [7, 11) is 0. The molecule has 0 atom stereocenters. The highest BCUT2D eigenvalue weighted by Crippen LogP contribution is 2.22. The van der Waals surface area contributed by atoms with Crippen LogP contribution in [-0.2, 0) is 10.2 Å². The van der Waals surface area contributed by atoms with E-state index in [1.807, 2.05) is 12.1 Å². The van der Waals surface area contributed by atoms with Gasteiger partial charge >= 0.3 is 0 Å². The van der Waals surface area contributed by atoms with Crippen molar-refractivity contribution in [1.29, 1.82) is 0 Å². The van der Waals surface area contributed by atoms with Crippen molar-refractivity contribution < 1.29 is 14.7 Å². The maximum Gasteiger partial charge on any atom is 0.295 e. The second-order valence-electron chi connectivity index (χ2n) is 7.29. The van der Waals surface area contributed by atoms with E-state index in [4.69, 9.17) is 0 Å². The molecule has 0 aliphatic heterocycles. The molecule has 4 heteroatoms. The van der Waals surface area contributed by atoms with Gasteiger partial charge in [0.2, 0.25) is 5.78 Å². The van der Waals surface area contributed by atoms with Crippen molar-refractivity contribution in [3.05, 3.63) is 35.4 Å². The van der Waals surface area contributed by atoms with E-state index in [0.29, 0.717) is 12.1 Å². The normalized spacial score (nSPS) is 12.1. The Bertz CT molecular complexity index is 533. The van der Waals surface area contributed by atoms with Gasteiger partial charge in [-0.2, -0.15) is 0 Å². The fraction of sp³-hybridized carbons (Fsp3) is 0.556. The molecule has 0 fully saturated rings. The van der Waals surface area contributed by atoms with Gasteiger partial charge in [-0.15, -0.1) is 0 Å². The van der Waals surface area contributed by atoms with E-state index in [1.165, 1.54) is 4.90 Å². The number of carbonyl (C=O) groups excluding carboxylic acids is 2. The molecule has 0 aliphatic carbocycles. The number of benzene rings is 1. The van der Waals surface area contributed by atoms with Crippen molar-refractivity contribution in [1.82, 2.24) is 4.90 Å². The smallest absolute Gasteiger partial charge is 0.295 e. The minimum absolute atomic E-state index is 0.00194. The predicted octanol–water partition coefficient (Wildman–Crippen LogP) is 2.79. The van der Waals surface area contributed by atoms with E-state index in [9.17, 15) is 14.7 Å². The first-order valence-corrected chi connectivity index (χ1v) is 7.62. The Kier molecular flexibility index (Phi) is 5.52. The third kappa shape index (κ3) is 4.95. The van der Waals surface area contributed by atoms with Crippen LogP contribution in [0.3, 0.4) is 0 Å². The number of carbonyl (C=O) groups is 2. The number of amides is 1. The zero-order chi connectivity index (χ0) is 17.1. The number of likely N-dealkylation sites (N-methyl/N-ethyl adjacent to an activating group) is 1. The maximum atomic E-state index is 12.3. The number of hydrogen-bond donors (Lipinski definition) is 1. The van der Waals surface area contributed by atoms with Crippen LogP contribution in [0, 0.1) is 0 Å². The van der Waals surface area contributed by atoms with E-state index in [1.54, 1.807) is 32.9 Å². The molecule has 0 saturated carbocycles. The summed E-state index contributed by atoms with van der Waals surface area (Å²) in [6, 6.07) is 7.15. The van der Waals surface area contributed by atoms with Gasteiger partial charge in [0.15, 0.2) is 0 Å². The first-order valence-electron chi connectivity index (χ1n) is 7.62. The third-order valence-electron chi connectivity index (χ3n) is 3.45. The minimum Gasteiger partial charge on any atom is -0.389 e. The Morgan fingerprint density at radius 2 is 1.55 bits per heavy atom. The fourth-order valence-corrected chi connectivity index (χ4v) is 2.18. The Morgan fingerprint density at radius 1 is 1.05 bits per heavy atom. The minimum atomic E-state index is -1.03. The summed E-state index contributed by atoms with van der Waals surface area (Å²) in [4.78, 5) is 26.0. The van der Waals surface area contributed by atoms with Crippen LogP contribution in [0.1, 0.15) is 57.5 Å². The highest BCUT2D eigenvalue weighted by molar-refractivity contribution is 6.42. The molecule has 122 valence electrons. The van der Waals surface area contributed by atoms with E-state index >= 15 is 0 Å². The van der Waals surface area contributed by atoms with Crippen molar-refractivity contribution >= 4 is 11.7 Å². The highest BCUT2D eigenvalue weighted by Gasteiger charge is 2.27. The van der Waals surface area contributed by atoms with E-state index in [-0.39, 0.29) is 12.0 Å². The number of rotatable bonds is 5. The van der Waals surface area contributed by atoms with Crippen LogP contribution in [0.4, 0.5) is 0 Å². The predicted molar refractivity (Wildman–Crippen MR) is 88.0 cm³/mol. The van der Waals surface area contributed by atoms with Crippen LogP contribution in [0.15, 0.2) is 24.3 Å². The summed E-state index contributed by atoms with van der Waals surface area (Å²) in [6.07, 6.45) is 0. The molecule has 1 aromatic rings. The molecule has 0 unspecified atom stereocenters. The standard InChI is InChI=1S/C18H27NO3/c1-7-19(12-18(5,6)22)16(21)15(20)13-8-10-14(11-9-13)17(2,3)4/h8-11,22H,7,12H2,1-6H3. The van der Waals surface area contributed by atoms with Crippen molar-refractivity contribution in [2.24, 2.45) is 0 Å². The lowest BCUT2D eigenvalue weighted by atomic mass is 9.86. The van der Waals surface area contributed by atoms with E-state index < -0.39 is 17.3 Å². The summed E-state index contributed by atoms with van der Waals surface area (Å²) < 4.78 is 0. The molecule has 0 radical (unpaired) electrons. The zero-order valence-corrected chi connectivity index (χ0v) is 14.4. The monoisotopic (exact) mass is 305 g/mol. The van der Waals surface area contributed by atoms with Crippen molar-refractivity contribution in [2.75, 3.05) is 13.1 Å². The van der Waals surface area contributed by atoms with Gasteiger partial charge < -0.3 is 10.0 Å². The summed E-state index contributed by atoms with van der Waals surface area (Å²) >= 11 is 0. The van der Waals surface area contributed by atoms with Crippen LogP contribution in [0.25, 0.3) is 0 Å². The average molecular weight is 305 g/mol. The van der Waals surface area contributed by atoms with Gasteiger partial charge in [0.05, 0.1) is 5.60 Å². The molecule has 22 heavy (non-hydrogen) atoms. The molecule has 0 aromatic heterocycles. The Balaban J connectivity index is 2.93. The summed E-state index contributed by atoms with van der Waals surface area (Å²) in [6.45, 7) is 11.8. The Morgan fingerprint density at radius 3 is 1.91 bits per heavy atom. The molecular formula is C18H27NO3. The molecule has 0 heterocycles. The second kappa shape index (κ2) is 6.61. The van der Waals surface area contributed by atoms with Crippen LogP contribution in [-0.4, -0.2) is 40.4 Å². The van der Waals surface area contributed by atoms with Crippen molar-refractivity contribution in [2.45, 2.75) is 52.6 Å². The third-order valence-corrected chi connectivity index (χ3v) is 3.45. The van der Waals surface area contributed by atoms with Gasteiger partial charge in [-0.3, -0.25) is 9.59 Å². The molecule has 1 amide bonds. The van der Waals surface area contributed by atoms with Gasteiger partial charge in [0, 0.05) is 18.7 Å². The number of aliphatic hydroxyl groups is 1. The quantitative estimate of drug-likeness (QED) is 0.672. The number of hydrogen-bond acceptors (Lipinski definition) is 3. The van der Waals surface area contributed by atoms with Gasteiger partial charge in [0.25, 0.3) is 5.91 Å². The van der Waals surface area contributed by atoms with Crippen LogP contribution < -0.4 is 0 Å². The molecule has 4 nitrogen and oxygen atoms in total. The molecule has 0 saturated heterocycles. The van der Waals surface area contributed by atoms with Gasteiger partial charge in [0.1, 0.15) is 0 Å². The van der Waals surface area contributed by atoms with Crippen LogP contribution in [0.2, 0.25) is 0 Å². The molecule has 0 aliphatic rings. The number of nitrogens with zero attached hydrogens (tertiary/aromatic N) is 1.